The van der Waals surface area contributed by atoms with E-state index in [0.29, 0.717) is 24.6 Å². The summed E-state index contributed by atoms with van der Waals surface area (Å²) in [6, 6.07) is 16.7. The average Bonchev–Trinajstić information content (AvgIpc) is 3.38. The summed E-state index contributed by atoms with van der Waals surface area (Å²) in [4.78, 5) is 46.1. The van der Waals surface area contributed by atoms with Crippen molar-refractivity contribution in [1.82, 2.24) is 10.6 Å². The third kappa shape index (κ3) is 6.45. The molecule has 196 valence electrons. The SMILES string of the molecule is CCC(C)CN1C(=O)C(NC(=O)[C@H](C)NC(=O)CC2CCCC2)N=C(c2ccccc2)c2ccccc21. The van der Waals surface area contributed by atoms with Crippen LogP contribution in [0.15, 0.2) is 59.6 Å². The largest absolute Gasteiger partial charge is 0.345 e. The van der Waals surface area contributed by atoms with Gasteiger partial charge in [-0.1, -0.05) is 81.6 Å². The van der Waals surface area contributed by atoms with Crippen LogP contribution in [0, 0.1) is 11.8 Å². The van der Waals surface area contributed by atoms with E-state index in [2.05, 4.69) is 24.5 Å². The fraction of sp³-hybridized carbons (Fsp3) is 0.467. The highest BCUT2D eigenvalue weighted by Gasteiger charge is 2.34. The lowest BCUT2D eigenvalue weighted by atomic mass is 9.99. The maximum absolute atomic E-state index is 13.9. The molecule has 0 bridgehead atoms. The summed E-state index contributed by atoms with van der Waals surface area (Å²) in [6.45, 7) is 6.37. The molecule has 2 aromatic rings. The van der Waals surface area contributed by atoms with Gasteiger partial charge in [0.2, 0.25) is 18.0 Å². The first-order chi connectivity index (χ1) is 17.9. The summed E-state index contributed by atoms with van der Waals surface area (Å²) in [6.07, 6.45) is 4.70. The standard InChI is InChI=1S/C30H38N4O3/c1-4-20(2)19-34-25-17-11-10-16-24(25)27(23-14-6-5-7-15-23)32-28(30(34)37)33-29(36)21(3)31-26(35)18-22-12-8-9-13-22/h5-7,10-11,14-17,20-22,28H,4,8-9,12-13,18-19H2,1-3H3,(H,31,35)(H,33,36)/t20?,21-,28?/m0/s1. The molecular weight excluding hydrogens is 464 g/mol. The Morgan fingerprint density at radius 2 is 1.70 bits per heavy atom. The molecule has 2 N–H and O–H groups in total. The minimum atomic E-state index is -1.10. The number of rotatable bonds is 9. The second-order valence-electron chi connectivity index (χ2n) is 10.4. The molecule has 2 unspecified atom stereocenters. The molecule has 3 amide bonds. The number of carbonyl (C=O) groups is 3. The number of fused-ring (bicyclic) bond motifs is 1. The molecule has 7 nitrogen and oxygen atoms in total. The van der Waals surface area contributed by atoms with Crippen molar-refractivity contribution in [1.29, 1.82) is 0 Å². The van der Waals surface area contributed by atoms with Crippen molar-refractivity contribution >= 4 is 29.1 Å². The van der Waals surface area contributed by atoms with E-state index in [9.17, 15) is 14.4 Å². The van der Waals surface area contributed by atoms with Crippen molar-refractivity contribution in [3.63, 3.8) is 0 Å². The Labute approximate surface area is 219 Å². The smallest absolute Gasteiger partial charge is 0.272 e. The van der Waals surface area contributed by atoms with Gasteiger partial charge in [0.25, 0.3) is 5.91 Å². The Hall–Kier alpha value is -3.48. The van der Waals surface area contributed by atoms with Crippen LogP contribution in [0.4, 0.5) is 5.69 Å². The predicted octanol–water partition coefficient (Wildman–Crippen LogP) is 4.44. The van der Waals surface area contributed by atoms with E-state index in [4.69, 9.17) is 4.99 Å². The van der Waals surface area contributed by atoms with Crippen LogP contribution in [0.2, 0.25) is 0 Å². The highest BCUT2D eigenvalue weighted by atomic mass is 16.2. The topological polar surface area (TPSA) is 90.9 Å². The van der Waals surface area contributed by atoms with E-state index in [0.717, 1.165) is 48.9 Å². The molecule has 0 aromatic heterocycles. The van der Waals surface area contributed by atoms with Crippen LogP contribution < -0.4 is 15.5 Å². The van der Waals surface area contributed by atoms with Gasteiger partial charge >= 0.3 is 0 Å². The monoisotopic (exact) mass is 502 g/mol. The third-order valence-corrected chi connectivity index (χ3v) is 7.45. The maximum atomic E-state index is 13.9. The average molecular weight is 503 g/mol. The Morgan fingerprint density at radius 3 is 2.41 bits per heavy atom. The van der Waals surface area contributed by atoms with Gasteiger partial charge in [-0.25, -0.2) is 4.99 Å². The zero-order chi connectivity index (χ0) is 26.4. The molecule has 0 saturated heterocycles. The van der Waals surface area contributed by atoms with E-state index in [1.807, 2.05) is 54.6 Å². The molecule has 37 heavy (non-hydrogen) atoms. The number of nitrogens with one attached hydrogen (secondary N) is 2. The number of aliphatic imine (C=N–C) groups is 1. The fourth-order valence-corrected chi connectivity index (χ4v) is 5.08. The van der Waals surface area contributed by atoms with Crippen molar-refractivity contribution in [2.75, 3.05) is 11.4 Å². The van der Waals surface area contributed by atoms with E-state index >= 15 is 0 Å². The lowest BCUT2D eigenvalue weighted by Crippen LogP contribution is -2.53. The Morgan fingerprint density at radius 1 is 1.03 bits per heavy atom. The first-order valence-corrected chi connectivity index (χ1v) is 13.5. The van der Waals surface area contributed by atoms with Crippen molar-refractivity contribution in [2.24, 2.45) is 16.8 Å². The van der Waals surface area contributed by atoms with E-state index in [1.165, 1.54) is 0 Å². The van der Waals surface area contributed by atoms with Crippen LogP contribution in [-0.4, -0.2) is 42.2 Å². The number of hydrogen-bond donors (Lipinski definition) is 2. The summed E-state index contributed by atoms with van der Waals surface area (Å²) < 4.78 is 0. The van der Waals surface area contributed by atoms with E-state index in [-0.39, 0.29) is 17.7 Å². The lowest BCUT2D eigenvalue weighted by Gasteiger charge is -2.28. The summed E-state index contributed by atoms with van der Waals surface area (Å²) >= 11 is 0. The summed E-state index contributed by atoms with van der Waals surface area (Å²) in [5.41, 5.74) is 3.15. The number of amides is 3. The zero-order valence-electron chi connectivity index (χ0n) is 22.1. The number of anilines is 1. The molecule has 0 spiro atoms. The van der Waals surface area contributed by atoms with Crippen LogP contribution in [0.25, 0.3) is 0 Å². The molecule has 1 saturated carbocycles. The van der Waals surface area contributed by atoms with Gasteiger partial charge < -0.3 is 15.5 Å². The normalized spacial score (nSPS) is 19.4. The van der Waals surface area contributed by atoms with Gasteiger partial charge in [-0.05, 0) is 37.7 Å². The van der Waals surface area contributed by atoms with Crippen LogP contribution in [-0.2, 0) is 14.4 Å². The number of carbonyl (C=O) groups excluding carboxylic acids is 3. The van der Waals surface area contributed by atoms with Gasteiger partial charge in [0.1, 0.15) is 6.04 Å². The highest BCUT2D eigenvalue weighted by molar-refractivity contribution is 6.20. The predicted molar refractivity (Wildman–Crippen MR) is 146 cm³/mol. The lowest BCUT2D eigenvalue weighted by molar-refractivity contribution is -0.131. The molecule has 1 heterocycles. The highest BCUT2D eigenvalue weighted by Crippen LogP contribution is 2.29. The number of nitrogens with zero attached hydrogens (tertiary/aromatic N) is 2. The molecule has 3 atom stereocenters. The van der Waals surface area contributed by atoms with Crippen LogP contribution in [0.5, 0.6) is 0 Å². The van der Waals surface area contributed by atoms with Crippen LogP contribution in [0.3, 0.4) is 0 Å². The van der Waals surface area contributed by atoms with Crippen molar-refractivity contribution in [3.05, 3.63) is 65.7 Å². The van der Waals surface area contributed by atoms with Gasteiger partial charge in [0.15, 0.2) is 0 Å². The number of para-hydroxylation sites is 1. The second kappa shape index (κ2) is 12.2. The first-order valence-electron chi connectivity index (χ1n) is 13.5. The number of benzene rings is 2. The molecular formula is C30H38N4O3. The molecule has 1 aliphatic heterocycles. The number of hydrogen-bond acceptors (Lipinski definition) is 4. The molecule has 0 radical (unpaired) electrons. The first kappa shape index (κ1) is 26.6. The Bertz CT molecular complexity index is 1140. The Balaban J connectivity index is 1.61. The van der Waals surface area contributed by atoms with E-state index in [1.54, 1.807) is 11.8 Å². The van der Waals surface area contributed by atoms with Gasteiger partial charge in [-0.15, -0.1) is 0 Å². The van der Waals surface area contributed by atoms with Gasteiger partial charge in [-0.2, -0.15) is 0 Å². The van der Waals surface area contributed by atoms with E-state index < -0.39 is 18.1 Å². The van der Waals surface area contributed by atoms with Crippen molar-refractivity contribution in [2.45, 2.75) is 71.5 Å². The minimum absolute atomic E-state index is 0.124. The summed E-state index contributed by atoms with van der Waals surface area (Å²) in [5.74, 6) is -0.175. The maximum Gasteiger partial charge on any atom is 0.272 e. The summed E-state index contributed by atoms with van der Waals surface area (Å²) in [5, 5.41) is 5.65. The number of benzodiazepines with no additional fused rings is 1. The Kier molecular flexibility index (Phi) is 8.74. The molecule has 1 fully saturated rings. The quantitative estimate of drug-likeness (QED) is 0.531. The summed E-state index contributed by atoms with van der Waals surface area (Å²) in [7, 11) is 0. The second-order valence-corrected chi connectivity index (χ2v) is 10.4. The molecule has 2 aromatic carbocycles. The van der Waals surface area contributed by atoms with Crippen molar-refractivity contribution < 1.29 is 14.4 Å². The molecule has 2 aliphatic rings. The van der Waals surface area contributed by atoms with Crippen molar-refractivity contribution in [3.8, 4) is 0 Å². The molecule has 7 heteroatoms. The van der Waals surface area contributed by atoms with Gasteiger partial charge in [-0.3, -0.25) is 14.4 Å². The molecule has 1 aliphatic carbocycles. The van der Waals surface area contributed by atoms with Gasteiger partial charge in [0, 0.05) is 24.1 Å². The molecule has 4 rings (SSSR count). The third-order valence-electron chi connectivity index (χ3n) is 7.45. The zero-order valence-corrected chi connectivity index (χ0v) is 22.1. The fourth-order valence-electron chi connectivity index (χ4n) is 5.08. The van der Waals surface area contributed by atoms with Crippen LogP contribution in [0.1, 0.15) is 70.4 Å². The van der Waals surface area contributed by atoms with Crippen LogP contribution >= 0.6 is 0 Å². The minimum Gasteiger partial charge on any atom is -0.345 e. The van der Waals surface area contributed by atoms with Gasteiger partial charge in [0.05, 0.1) is 11.4 Å².